The van der Waals surface area contributed by atoms with Gasteiger partial charge in [0.1, 0.15) is 10.7 Å². The molecule has 2 heterocycles. The van der Waals surface area contributed by atoms with E-state index in [1.807, 2.05) is 24.4 Å². The smallest absolute Gasteiger partial charge is 0.273 e. The Balaban J connectivity index is 2.17. The molecule has 0 aliphatic rings. The van der Waals surface area contributed by atoms with E-state index in [-0.39, 0.29) is 12.5 Å². The highest BCUT2D eigenvalue weighted by Gasteiger charge is 2.17. The Morgan fingerprint density at radius 3 is 2.94 bits per heavy atom. The van der Waals surface area contributed by atoms with Gasteiger partial charge in [-0.3, -0.25) is 4.79 Å². The highest BCUT2D eigenvalue weighted by molar-refractivity contribution is 7.20. The number of hydrogen-bond donors (Lipinski definition) is 1. The van der Waals surface area contributed by atoms with Crippen molar-refractivity contribution in [2.24, 2.45) is 0 Å². The number of carbonyl (C=O) groups excluding carboxylic acids is 1. The Morgan fingerprint density at radius 1 is 1.50 bits per heavy atom. The molecule has 0 unspecified atom stereocenters. The normalized spacial score (nSPS) is 10.6. The summed E-state index contributed by atoms with van der Waals surface area (Å²) in [5.74, 6) is -0.120. The van der Waals surface area contributed by atoms with E-state index in [0.29, 0.717) is 18.8 Å². The van der Waals surface area contributed by atoms with Gasteiger partial charge in [-0.1, -0.05) is 6.07 Å². The van der Waals surface area contributed by atoms with Crippen LogP contribution in [-0.4, -0.2) is 40.6 Å². The number of amides is 1. The third-order valence-corrected chi connectivity index (χ3v) is 4.38. The van der Waals surface area contributed by atoms with Gasteiger partial charge < -0.3 is 10.0 Å². The third kappa shape index (κ3) is 2.77. The standard InChI is InChI=1S/C12H14N2O2S2/c1-2-14(5-6-15)12(16)9-8-18-11(13-9)10-4-3-7-17-10/h3-4,7-8,15H,2,5-6H2,1H3. The van der Waals surface area contributed by atoms with Gasteiger partial charge in [-0.2, -0.15) is 0 Å². The summed E-state index contributed by atoms with van der Waals surface area (Å²) in [4.78, 5) is 19.1. The first kappa shape index (κ1) is 13.2. The van der Waals surface area contributed by atoms with E-state index in [2.05, 4.69) is 4.98 Å². The topological polar surface area (TPSA) is 53.4 Å². The van der Waals surface area contributed by atoms with Gasteiger partial charge in [-0.25, -0.2) is 4.98 Å². The number of carbonyl (C=O) groups is 1. The average molecular weight is 282 g/mol. The zero-order chi connectivity index (χ0) is 13.0. The minimum atomic E-state index is -0.120. The second-order valence-corrected chi connectivity index (χ2v) is 5.43. The molecule has 4 nitrogen and oxygen atoms in total. The average Bonchev–Trinajstić information content (AvgIpc) is 3.04. The van der Waals surface area contributed by atoms with Gasteiger partial charge >= 0.3 is 0 Å². The molecule has 0 bridgehead atoms. The van der Waals surface area contributed by atoms with E-state index >= 15 is 0 Å². The SMILES string of the molecule is CCN(CCO)C(=O)c1csc(-c2cccs2)n1. The number of likely N-dealkylation sites (N-methyl/N-ethyl adjacent to an activating group) is 1. The number of thiophene rings is 1. The molecule has 18 heavy (non-hydrogen) atoms. The summed E-state index contributed by atoms with van der Waals surface area (Å²) in [7, 11) is 0. The molecule has 2 rings (SSSR count). The van der Waals surface area contributed by atoms with E-state index in [1.165, 1.54) is 11.3 Å². The van der Waals surface area contributed by atoms with Crippen LogP contribution in [0, 0.1) is 0 Å². The van der Waals surface area contributed by atoms with Crippen molar-refractivity contribution < 1.29 is 9.90 Å². The van der Waals surface area contributed by atoms with Gasteiger partial charge in [-0.15, -0.1) is 22.7 Å². The van der Waals surface area contributed by atoms with Crippen molar-refractivity contribution in [3.05, 3.63) is 28.6 Å². The molecule has 2 aromatic rings. The summed E-state index contributed by atoms with van der Waals surface area (Å²) < 4.78 is 0. The maximum atomic E-state index is 12.1. The second-order valence-electron chi connectivity index (χ2n) is 3.62. The quantitative estimate of drug-likeness (QED) is 0.915. The Bertz CT molecular complexity index is 508. The number of rotatable bonds is 5. The number of aliphatic hydroxyl groups is 1. The molecule has 2 aromatic heterocycles. The fourth-order valence-corrected chi connectivity index (χ4v) is 3.18. The van der Waals surface area contributed by atoms with Gasteiger partial charge in [0.15, 0.2) is 0 Å². The van der Waals surface area contributed by atoms with Crippen LogP contribution in [0.25, 0.3) is 9.88 Å². The second kappa shape index (κ2) is 6.08. The van der Waals surface area contributed by atoms with Gasteiger partial charge in [0, 0.05) is 18.5 Å². The molecule has 96 valence electrons. The summed E-state index contributed by atoms with van der Waals surface area (Å²) in [5.41, 5.74) is 0.457. The molecule has 0 radical (unpaired) electrons. The largest absolute Gasteiger partial charge is 0.395 e. The summed E-state index contributed by atoms with van der Waals surface area (Å²) in [6.45, 7) is 2.79. The molecule has 0 aliphatic heterocycles. The Hall–Kier alpha value is -1.24. The zero-order valence-corrected chi connectivity index (χ0v) is 11.6. The van der Waals surface area contributed by atoms with E-state index in [4.69, 9.17) is 5.11 Å². The number of thiazole rings is 1. The lowest BCUT2D eigenvalue weighted by Crippen LogP contribution is -2.33. The first-order valence-electron chi connectivity index (χ1n) is 5.65. The van der Waals surface area contributed by atoms with Gasteiger partial charge in [0.2, 0.25) is 0 Å². The summed E-state index contributed by atoms with van der Waals surface area (Å²) in [6.07, 6.45) is 0. The van der Waals surface area contributed by atoms with Crippen LogP contribution in [0.5, 0.6) is 0 Å². The highest BCUT2D eigenvalue weighted by atomic mass is 32.1. The first-order chi connectivity index (χ1) is 8.76. The lowest BCUT2D eigenvalue weighted by molar-refractivity contribution is 0.0727. The van der Waals surface area contributed by atoms with Crippen LogP contribution in [0.2, 0.25) is 0 Å². The van der Waals surface area contributed by atoms with E-state index < -0.39 is 0 Å². The zero-order valence-electron chi connectivity index (χ0n) is 10.00. The molecular weight excluding hydrogens is 268 g/mol. The highest BCUT2D eigenvalue weighted by Crippen LogP contribution is 2.28. The molecule has 6 heteroatoms. The van der Waals surface area contributed by atoms with Gasteiger partial charge in [0.25, 0.3) is 5.91 Å². The van der Waals surface area contributed by atoms with Gasteiger partial charge in [-0.05, 0) is 18.4 Å². The van der Waals surface area contributed by atoms with Crippen LogP contribution in [0.4, 0.5) is 0 Å². The molecule has 1 N–H and O–H groups in total. The van der Waals surface area contributed by atoms with Crippen molar-refractivity contribution >= 4 is 28.6 Å². The van der Waals surface area contributed by atoms with Crippen LogP contribution in [0.15, 0.2) is 22.9 Å². The van der Waals surface area contributed by atoms with Crippen molar-refractivity contribution in [3.63, 3.8) is 0 Å². The van der Waals surface area contributed by atoms with Crippen LogP contribution >= 0.6 is 22.7 Å². The lowest BCUT2D eigenvalue weighted by atomic mass is 10.4. The molecule has 0 aliphatic carbocycles. The van der Waals surface area contributed by atoms with Crippen LogP contribution < -0.4 is 0 Å². The molecule has 0 aromatic carbocycles. The summed E-state index contributed by atoms with van der Waals surface area (Å²) >= 11 is 3.08. The molecule has 0 saturated heterocycles. The third-order valence-electron chi connectivity index (χ3n) is 2.49. The Labute approximate surface area is 114 Å². The Kier molecular flexibility index (Phi) is 4.46. The monoisotopic (exact) mass is 282 g/mol. The number of aromatic nitrogens is 1. The first-order valence-corrected chi connectivity index (χ1v) is 7.41. The van der Waals surface area contributed by atoms with Crippen LogP contribution in [0.1, 0.15) is 17.4 Å². The number of nitrogens with zero attached hydrogens (tertiary/aromatic N) is 2. The summed E-state index contributed by atoms with van der Waals surface area (Å²) in [5, 5.41) is 13.5. The minimum Gasteiger partial charge on any atom is -0.395 e. The Morgan fingerprint density at radius 2 is 2.33 bits per heavy atom. The fraction of sp³-hybridized carbons (Fsp3) is 0.333. The van der Waals surface area contributed by atoms with Crippen molar-refractivity contribution in [1.82, 2.24) is 9.88 Å². The number of hydrogen-bond acceptors (Lipinski definition) is 5. The van der Waals surface area contributed by atoms with Crippen molar-refractivity contribution in [3.8, 4) is 9.88 Å². The molecule has 0 atom stereocenters. The lowest BCUT2D eigenvalue weighted by Gasteiger charge is -2.17. The summed E-state index contributed by atoms with van der Waals surface area (Å²) in [6, 6.07) is 3.95. The molecule has 0 fully saturated rings. The van der Waals surface area contributed by atoms with Crippen molar-refractivity contribution in [2.75, 3.05) is 19.7 Å². The minimum absolute atomic E-state index is 0.0263. The fourth-order valence-electron chi connectivity index (χ4n) is 1.57. The van der Waals surface area contributed by atoms with Gasteiger partial charge in [0.05, 0.1) is 11.5 Å². The van der Waals surface area contributed by atoms with E-state index in [1.54, 1.807) is 21.6 Å². The van der Waals surface area contributed by atoms with Crippen LogP contribution in [0.3, 0.4) is 0 Å². The maximum absolute atomic E-state index is 12.1. The van der Waals surface area contributed by atoms with E-state index in [0.717, 1.165) is 9.88 Å². The maximum Gasteiger partial charge on any atom is 0.273 e. The molecule has 1 amide bonds. The predicted octanol–water partition coefficient (Wildman–Crippen LogP) is 2.33. The predicted molar refractivity (Wildman–Crippen MR) is 74.1 cm³/mol. The van der Waals surface area contributed by atoms with E-state index in [9.17, 15) is 4.79 Å². The molecular formula is C12H14N2O2S2. The number of aliphatic hydroxyl groups excluding tert-OH is 1. The molecule has 0 spiro atoms. The van der Waals surface area contributed by atoms with Crippen molar-refractivity contribution in [1.29, 1.82) is 0 Å². The molecule has 0 saturated carbocycles. The van der Waals surface area contributed by atoms with Crippen molar-refractivity contribution in [2.45, 2.75) is 6.92 Å². The van der Waals surface area contributed by atoms with Crippen LogP contribution in [-0.2, 0) is 0 Å².